The monoisotopic (exact) mass is 335 g/mol. The summed E-state index contributed by atoms with van der Waals surface area (Å²) in [6.07, 6.45) is 0. The molecule has 0 fully saturated rings. The molecule has 0 saturated carbocycles. The minimum atomic E-state index is 0.229. The number of nitrogens with two attached hydrogens (primary N) is 1. The molecule has 0 atom stereocenters. The third kappa shape index (κ3) is 2.31. The summed E-state index contributed by atoms with van der Waals surface area (Å²) in [5.41, 5.74) is 7.63. The lowest BCUT2D eigenvalue weighted by Gasteiger charge is -2.09. The Hall–Kier alpha value is -1.82. The molecule has 5 nitrogen and oxygen atoms in total. The summed E-state index contributed by atoms with van der Waals surface area (Å²) in [6, 6.07) is 5.58. The molecule has 104 valence electrons. The van der Waals surface area contributed by atoms with Gasteiger partial charge in [0.25, 0.3) is 0 Å². The summed E-state index contributed by atoms with van der Waals surface area (Å²) in [7, 11) is 0. The van der Waals surface area contributed by atoms with Crippen LogP contribution < -0.4 is 15.2 Å². The van der Waals surface area contributed by atoms with Gasteiger partial charge in [-0.05, 0) is 34.0 Å². The van der Waals surface area contributed by atoms with Gasteiger partial charge in [0.15, 0.2) is 17.3 Å². The maximum absolute atomic E-state index is 5.87. The van der Waals surface area contributed by atoms with Gasteiger partial charge in [-0.3, -0.25) is 0 Å². The Morgan fingerprint density at radius 2 is 2.00 bits per heavy atom. The highest BCUT2D eigenvalue weighted by molar-refractivity contribution is 9.10. The van der Waals surface area contributed by atoms with Crippen LogP contribution >= 0.6 is 15.9 Å². The van der Waals surface area contributed by atoms with Crippen LogP contribution in [0.3, 0.4) is 0 Å². The Bertz CT molecular complexity index is 674. The number of rotatable bonds is 2. The number of hydrogen-bond donors (Lipinski definition) is 1. The fourth-order valence-corrected chi connectivity index (χ4v) is 2.56. The highest BCUT2D eigenvalue weighted by atomic mass is 79.9. The normalized spacial score (nSPS) is 13.0. The maximum Gasteiger partial charge on any atom is 0.231 e. The first-order valence-electron chi connectivity index (χ1n) is 6.28. The molecule has 6 heteroatoms. The summed E-state index contributed by atoms with van der Waals surface area (Å²) in [6.45, 7) is 4.37. The van der Waals surface area contributed by atoms with Crippen molar-refractivity contribution < 1.29 is 9.47 Å². The van der Waals surface area contributed by atoms with Gasteiger partial charge in [0.2, 0.25) is 6.79 Å². The fraction of sp³-hybridized carbons (Fsp3) is 0.286. The summed E-state index contributed by atoms with van der Waals surface area (Å²) in [5.74, 6) is 2.74. The second-order valence-corrected chi connectivity index (χ2v) is 5.74. The number of ether oxygens (including phenoxy) is 2. The van der Waals surface area contributed by atoms with E-state index in [-0.39, 0.29) is 12.7 Å². The van der Waals surface area contributed by atoms with E-state index in [1.165, 1.54) is 0 Å². The number of aromatic nitrogens is 2. The van der Waals surface area contributed by atoms with Crippen LogP contribution in [0.2, 0.25) is 0 Å². The molecule has 2 aromatic rings. The Balaban J connectivity index is 2.12. The number of nitrogen functional groups attached to an aromatic ring is 1. The van der Waals surface area contributed by atoms with E-state index in [1.54, 1.807) is 6.07 Å². The molecule has 0 saturated heterocycles. The fourth-order valence-electron chi connectivity index (χ4n) is 2.01. The highest BCUT2D eigenvalue weighted by Crippen LogP contribution is 2.42. The van der Waals surface area contributed by atoms with Crippen molar-refractivity contribution >= 4 is 21.7 Å². The largest absolute Gasteiger partial charge is 0.454 e. The topological polar surface area (TPSA) is 70.3 Å². The number of anilines is 1. The SMILES string of the molecule is CC(C)c1cc(N)nc(-c2cc(Br)c3c(c2)OCO3)n1. The van der Waals surface area contributed by atoms with Gasteiger partial charge in [-0.15, -0.1) is 0 Å². The summed E-state index contributed by atoms with van der Waals surface area (Å²) < 4.78 is 11.6. The van der Waals surface area contributed by atoms with E-state index < -0.39 is 0 Å². The molecule has 1 aromatic heterocycles. The van der Waals surface area contributed by atoms with E-state index in [1.807, 2.05) is 12.1 Å². The molecular weight excluding hydrogens is 322 g/mol. The van der Waals surface area contributed by atoms with Gasteiger partial charge >= 0.3 is 0 Å². The van der Waals surface area contributed by atoms with Crippen molar-refractivity contribution in [2.45, 2.75) is 19.8 Å². The van der Waals surface area contributed by atoms with E-state index >= 15 is 0 Å². The first-order chi connectivity index (χ1) is 9.54. The third-order valence-electron chi connectivity index (χ3n) is 3.04. The molecule has 2 N–H and O–H groups in total. The number of nitrogens with zero attached hydrogens (tertiary/aromatic N) is 2. The molecule has 0 unspecified atom stereocenters. The molecule has 0 amide bonds. The lowest BCUT2D eigenvalue weighted by molar-refractivity contribution is 0.173. The lowest BCUT2D eigenvalue weighted by Crippen LogP contribution is -2.01. The molecule has 2 heterocycles. The van der Waals surface area contributed by atoms with E-state index in [0.717, 1.165) is 15.7 Å². The number of fused-ring (bicyclic) bond motifs is 1. The minimum absolute atomic E-state index is 0.229. The molecule has 3 rings (SSSR count). The molecule has 1 aliphatic heterocycles. The van der Waals surface area contributed by atoms with Crippen LogP contribution in [0.4, 0.5) is 5.82 Å². The number of benzene rings is 1. The van der Waals surface area contributed by atoms with Crippen LogP contribution in [-0.2, 0) is 0 Å². The van der Waals surface area contributed by atoms with Crippen LogP contribution in [0, 0.1) is 0 Å². The van der Waals surface area contributed by atoms with Crippen LogP contribution in [0.25, 0.3) is 11.4 Å². The van der Waals surface area contributed by atoms with E-state index in [0.29, 0.717) is 23.1 Å². The molecule has 1 aromatic carbocycles. The van der Waals surface area contributed by atoms with Gasteiger partial charge in [-0.2, -0.15) is 0 Å². The molecule has 0 spiro atoms. The molecule has 0 radical (unpaired) electrons. The van der Waals surface area contributed by atoms with Crippen LogP contribution in [0.5, 0.6) is 11.5 Å². The van der Waals surface area contributed by atoms with E-state index in [4.69, 9.17) is 15.2 Å². The Labute approximate surface area is 125 Å². The van der Waals surface area contributed by atoms with Crippen molar-refractivity contribution in [3.8, 4) is 22.9 Å². The average molecular weight is 336 g/mol. The number of hydrogen-bond acceptors (Lipinski definition) is 5. The van der Waals surface area contributed by atoms with Gasteiger partial charge in [-0.1, -0.05) is 13.8 Å². The second-order valence-electron chi connectivity index (χ2n) is 4.89. The zero-order valence-electron chi connectivity index (χ0n) is 11.2. The predicted octanol–water partition coefficient (Wildman–Crippen LogP) is 3.34. The highest BCUT2D eigenvalue weighted by Gasteiger charge is 2.20. The quantitative estimate of drug-likeness (QED) is 0.911. The van der Waals surface area contributed by atoms with Crippen molar-refractivity contribution in [1.82, 2.24) is 9.97 Å². The molecule has 0 bridgehead atoms. The minimum Gasteiger partial charge on any atom is -0.454 e. The second kappa shape index (κ2) is 4.94. The van der Waals surface area contributed by atoms with E-state index in [2.05, 4.69) is 39.7 Å². The van der Waals surface area contributed by atoms with Crippen molar-refractivity contribution in [3.63, 3.8) is 0 Å². The van der Waals surface area contributed by atoms with Crippen LogP contribution in [0.1, 0.15) is 25.5 Å². The molecule has 1 aliphatic rings. The molecule has 20 heavy (non-hydrogen) atoms. The van der Waals surface area contributed by atoms with Gasteiger partial charge < -0.3 is 15.2 Å². The summed E-state index contributed by atoms with van der Waals surface area (Å²) >= 11 is 3.47. The average Bonchev–Trinajstić information content (AvgIpc) is 2.86. The van der Waals surface area contributed by atoms with Crippen LogP contribution in [0.15, 0.2) is 22.7 Å². The van der Waals surface area contributed by atoms with Crippen LogP contribution in [-0.4, -0.2) is 16.8 Å². The zero-order valence-corrected chi connectivity index (χ0v) is 12.8. The predicted molar refractivity (Wildman–Crippen MR) is 79.8 cm³/mol. The Kier molecular flexibility index (Phi) is 3.25. The zero-order chi connectivity index (χ0) is 14.3. The lowest BCUT2D eigenvalue weighted by atomic mass is 10.1. The van der Waals surface area contributed by atoms with E-state index in [9.17, 15) is 0 Å². The third-order valence-corrected chi connectivity index (χ3v) is 3.63. The first-order valence-corrected chi connectivity index (χ1v) is 7.08. The maximum atomic E-state index is 5.87. The summed E-state index contributed by atoms with van der Waals surface area (Å²) in [5, 5.41) is 0. The van der Waals surface area contributed by atoms with Crippen molar-refractivity contribution in [2.24, 2.45) is 0 Å². The Morgan fingerprint density at radius 3 is 2.75 bits per heavy atom. The molecular formula is C14H14BrN3O2. The van der Waals surface area contributed by atoms with Crippen molar-refractivity contribution in [3.05, 3.63) is 28.4 Å². The van der Waals surface area contributed by atoms with Gasteiger partial charge in [-0.25, -0.2) is 9.97 Å². The summed E-state index contributed by atoms with van der Waals surface area (Å²) in [4.78, 5) is 8.86. The first kappa shape index (κ1) is 13.2. The Morgan fingerprint density at radius 1 is 1.20 bits per heavy atom. The van der Waals surface area contributed by atoms with Gasteiger partial charge in [0.1, 0.15) is 5.82 Å². The number of halogens is 1. The molecule has 0 aliphatic carbocycles. The van der Waals surface area contributed by atoms with Crippen molar-refractivity contribution in [2.75, 3.05) is 12.5 Å². The van der Waals surface area contributed by atoms with Crippen molar-refractivity contribution in [1.29, 1.82) is 0 Å². The van der Waals surface area contributed by atoms with Gasteiger partial charge in [0, 0.05) is 17.3 Å². The smallest absolute Gasteiger partial charge is 0.231 e. The van der Waals surface area contributed by atoms with Gasteiger partial charge in [0.05, 0.1) is 4.47 Å². The standard InChI is InChI=1S/C14H14BrN3O2/c1-7(2)10-5-12(16)18-14(17-10)8-3-9(15)13-11(4-8)19-6-20-13/h3-5,7H,6H2,1-2H3,(H2,16,17,18).